The van der Waals surface area contributed by atoms with Gasteiger partial charge in [-0.2, -0.15) is 4.98 Å². The average molecular weight is 203 g/mol. The summed E-state index contributed by atoms with van der Waals surface area (Å²) in [5.41, 5.74) is 6.16. The summed E-state index contributed by atoms with van der Waals surface area (Å²) >= 11 is 0. The van der Waals surface area contributed by atoms with Gasteiger partial charge >= 0.3 is 0 Å². The minimum atomic E-state index is 0.556. The summed E-state index contributed by atoms with van der Waals surface area (Å²) in [4.78, 5) is 4.29. The largest absolute Gasteiger partial charge is 0.349 e. The predicted molar refractivity (Wildman–Crippen MR) is 59.7 cm³/mol. The smallest absolute Gasteiger partial charge is 0.243 e. The second-order valence-corrected chi connectivity index (χ2v) is 3.03. The van der Waals surface area contributed by atoms with E-state index < -0.39 is 0 Å². The van der Waals surface area contributed by atoms with Crippen molar-refractivity contribution in [2.75, 3.05) is 18.4 Å². The summed E-state index contributed by atoms with van der Waals surface area (Å²) in [6, 6.07) is 5.76. The van der Waals surface area contributed by atoms with Gasteiger partial charge in [0.05, 0.1) is 0 Å². The highest BCUT2D eigenvalue weighted by Crippen LogP contribution is 2.03. The summed E-state index contributed by atoms with van der Waals surface area (Å²) < 4.78 is 1.73. The Morgan fingerprint density at radius 3 is 3.13 bits per heavy atom. The molecule has 5 heteroatoms. The zero-order chi connectivity index (χ0) is 10.5. The van der Waals surface area contributed by atoms with E-state index in [0.29, 0.717) is 19.0 Å². The number of nitrogens with zero attached hydrogens (tertiary/aromatic N) is 3. The van der Waals surface area contributed by atoms with Crippen LogP contribution < -0.4 is 11.1 Å². The molecule has 0 bridgehead atoms. The fourth-order valence-corrected chi connectivity index (χ4v) is 1.24. The van der Waals surface area contributed by atoms with Gasteiger partial charge in [0.25, 0.3) is 0 Å². The van der Waals surface area contributed by atoms with Crippen LogP contribution in [0.3, 0.4) is 0 Å². The normalized spacial score (nSPS) is 11.3. The molecule has 3 N–H and O–H groups in total. The van der Waals surface area contributed by atoms with Crippen LogP contribution in [0.4, 0.5) is 5.95 Å². The highest BCUT2D eigenvalue weighted by atomic mass is 15.3. The van der Waals surface area contributed by atoms with Crippen LogP contribution in [0.1, 0.15) is 0 Å². The number of aromatic nitrogens is 3. The van der Waals surface area contributed by atoms with Gasteiger partial charge in [0.1, 0.15) is 0 Å². The lowest BCUT2D eigenvalue weighted by Gasteiger charge is -1.93. The third-order valence-corrected chi connectivity index (χ3v) is 1.92. The number of pyridine rings is 1. The molecule has 0 aliphatic rings. The van der Waals surface area contributed by atoms with E-state index in [-0.39, 0.29) is 0 Å². The lowest BCUT2D eigenvalue weighted by atomic mass is 10.5. The molecular weight excluding hydrogens is 190 g/mol. The Labute approximate surface area is 87.6 Å². The summed E-state index contributed by atoms with van der Waals surface area (Å²) in [5, 5.41) is 7.32. The van der Waals surface area contributed by atoms with Crippen LogP contribution in [-0.2, 0) is 0 Å². The van der Waals surface area contributed by atoms with E-state index >= 15 is 0 Å². The molecule has 0 unspecified atom stereocenters. The first-order chi connectivity index (χ1) is 7.40. The van der Waals surface area contributed by atoms with Crippen LogP contribution in [0.5, 0.6) is 0 Å². The molecule has 0 fully saturated rings. The molecule has 0 aromatic carbocycles. The van der Waals surface area contributed by atoms with E-state index in [9.17, 15) is 0 Å². The predicted octanol–water partition coefficient (Wildman–Crippen LogP) is 0.656. The van der Waals surface area contributed by atoms with Crippen molar-refractivity contribution in [3.8, 4) is 0 Å². The zero-order valence-electron chi connectivity index (χ0n) is 8.30. The van der Waals surface area contributed by atoms with Crippen molar-refractivity contribution in [3.63, 3.8) is 0 Å². The number of fused-ring (bicyclic) bond motifs is 1. The second kappa shape index (κ2) is 4.56. The molecule has 0 spiro atoms. The van der Waals surface area contributed by atoms with Gasteiger partial charge in [-0.25, -0.2) is 4.52 Å². The lowest BCUT2D eigenvalue weighted by Crippen LogP contribution is -2.01. The van der Waals surface area contributed by atoms with Crippen LogP contribution in [-0.4, -0.2) is 27.7 Å². The van der Waals surface area contributed by atoms with E-state index in [2.05, 4.69) is 15.4 Å². The van der Waals surface area contributed by atoms with Crippen LogP contribution in [0, 0.1) is 0 Å². The third-order valence-electron chi connectivity index (χ3n) is 1.92. The first kappa shape index (κ1) is 9.67. The maximum atomic E-state index is 5.32. The van der Waals surface area contributed by atoms with Crippen LogP contribution in [0.15, 0.2) is 36.5 Å². The molecule has 0 atom stereocenters. The van der Waals surface area contributed by atoms with E-state index in [1.165, 1.54) is 0 Å². The lowest BCUT2D eigenvalue weighted by molar-refractivity contribution is 0.959. The molecule has 0 amide bonds. The monoisotopic (exact) mass is 203 g/mol. The number of anilines is 1. The van der Waals surface area contributed by atoms with Gasteiger partial charge in [0.2, 0.25) is 5.95 Å². The molecular formula is C10H13N5. The molecule has 5 nitrogen and oxygen atoms in total. The van der Waals surface area contributed by atoms with Gasteiger partial charge in [-0.05, 0) is 12.1 Å². The number of hydrogen-bond donors (Lipinski definition) is 2. The first-order valence-corrected chi connectivity index (χ1v) is 4.80. The van der Waals surface area contributed by atoms with Gasteiger partial charge in [-0.3, -0.25) is 0 Å². The highest BCUT2D eigenvalue weighted by Gasteiger charge is 1.99. The number of nitrogens with two attached hydrogens (primary N) is 1. The minimum absolute atomic E-state index is 0.556. The molecule has 0 aliphatic heterocycles. The Kier molecular flexibility index (Phi) is 2.94. The molecule has 2 rings (SSSR count). The standard InChI is InChI=1S/C10H13N5/c11-6-2-3-7-12-10-13-9-5-1-4-8-15(9)14-10/h1-5,8H,6-7,11H2,(H,12,14)/b3-2+. The van der Waals surface area contributed by atoms with Gasteiger partial charge < -0.3 is 11.1 Å². The molecule has 78 valence electrons. The summed E-state index contributed by atoms with van der Waals surface area (Å²) in [6.45, 7) is 1.24. The SMILES string of the molecule is NC/C=C/CNc1nc2ccccn2n1. The van der Waals surface area contributed by atoms with Crippen molar-refractivity contribution >= 4 is 11.6 Å². The summed E-state index contributed by atoms with van der Waals surface area (Å²) in [6.07, 6.45) is 5.71. The van der Waals surface area contributed by atoms with Crippen molar-refractivity contribution < 1.29 is 0 Å². The average Bonchev–Trinajstić information content (AvgIpc) is 2.67. The van der Waals surface area contributed by atoms with Crippen molar-refractivity contribution in [1.82, 2.24) is 14.6 Å². The minimum Gasteiger partial charge on any atom is -0.349 e. The molecule has 15 heavy (non-hydrogen) atoms. The summed E-state index contributed by atoms with van der Waals surface area (Å²) in [5.74, 6) is 0.628. The van der Waals surface area contributed by atoms with E-state index in [1.54, 1.807) is 4.52 Å². The van der Waals surface area contributed by atoms with E-state index in [0.717, 1.165) is 5.65 Å². The molecule has 2 heterocycles. The Balaban J connectivity index is 2.05. The number of nitrogens with one attached hydrogen (secondary N) is 1. The van der Waals surface area contributed by atoms with Crippen LogP contribution in [0.25, 0.3) is 5.65 Å². The molecule has 0 radical (unpaired) electrons. The fourth-order valence-electron chi connectivity index (χ4n) is 1.24. The molecule has 2 aromatic rings. The van der Waals surface area contributed by atoms with Gasteiger partial charge in [-0.15, -0.1) is 5.10 Å². The van der Waals surface area contributed by atoms with Crippen molar-refractivity contribution in [3.05, 3.63) is 36.5 Å². The molecule has 0 aliphatic carbocycles. The molecule has 0 saturated carbocycles. The van der Waals surface area contributed by atoms with Crippen molar-refractivity contribution in [1.29, 1.82) is 0 Å². The first-order valence-electron chi connectivity index (χ1n) is 4.80. The maximum Gasteiger partial charge on any atom is 0.243 e. The number of hydrogen-bond acceptors (Lipinski definition) is 4. The van der Waals surface area contributed by atoms with Gasteiger partial charge in [-0.1, -0.05) is 18.2 Å². The molecule has 2 aromatic heterocycles. The molecule has 0 saturated heterocycles. The van der Waals surface area contributed by atoms with E-state index in [1.807, 2.05) is 36.5 Å². The van der Waals surface area contributed by atoms with Crippen LogP contribution >= 0.6 is 0 Å². The topological polar surface area (TPSA) is 68.2 Å². The Hall–Kier alpha value is -1.88. The maximum absolute atomic E-state index is 5.32. The van der Waals surface area contributed by atoms with Crippen LogP contribution in [0.2, 0.25) is 0 Å². The Bertz CT molecular complexity index is 427. The Morgan fingerprint density at radius 2 is 2.33 bits per heavy atom. The number of rotatable bonds is 4. The highest BCUT2D eigenvalue weighted by molar-refractivity contribution is 5.42. The van der Waals surface area contributed by atoms with Gasteiger partial charge in [0.15, 0.2) is 5.65 Å². The zero-order valence-corrected chi connectivity index (χ0v) is 8.30. The van der Waals surface area contributed by atoms with Crippen molar-refractivity contribution in [2.24, 2.45) is 5.73 Å². The van der Waals surface area contributed by atoms with Gasteiger partial charge in [0, 0.05) is 19.3 Å². The quantitative estimate of drug-likeness (QED) is 0.716. The fraction of sp³-hybridized carbons (Fsp3) is 0.200. The van der Waals surface area contributed by atoms with E-state index in [4.69, 9.17) is 5.73 Å². The van der Waals surface area contributed by atoms with Crippen molar-refractivity contribution in [2.45, 2.75) is 0 Å². The third kappa shape index (κ3) is 2.32. The summed E-state index contributed by atoms with van der Waals surface area (Å²) in [7, 11) is 0. The second-order valence-electron chi connectivity index (χ2n) is 3.03. The Morgan fingerprint density at radius 1 is 1.40 bits per heavy atom.